The molecule has 1 aromatic heterocycles. The summed E-state index contributed by atoms with van der Waals surface area (Å²) in [5.41, 5.74) is 3.25. The molecule has 1 aliphatic heterocycles. The molecular formula is C28H21IN2O3S. The summed E-state index contributed by atoms with van der Waals surface area (Å²) in [7, 11) is 0. The molecule has 0 saturated heterocycles. The number of esters is 1. The van der Waals surface area contributed by atoms with E-state index in [2.05, 4.69) is 22.6 Å². The monoisotopic (exact) mass is 592 g/mol. The number of carbonyl (C=O) groups excluding carboxylic acids is 1. The largest absolute Gasteiger partial charge is 0.463 e. The van der Waals surface area contributed by atoms with Crippen molar-refractivity contribution in [2.24, 2.45) is 4.99 Å². The van der Waals surface area contributed by atoms with Crippen LogP contribution in [0.2, 0.25) is 0 Å². The lowest BCUT2D eigenvalue weighted by Gasteiger charge is -2.25. The summed E-state index contributed by atoms with van der Waals surface area (Å²) >= 11 is 3.58. The number of fused-ring (bicyclic) bond motifs is 1. The molecule has 1 unspecified atom stereocenters. The average molecular weight is 592 g/mol. The number of ether oxygens (including phenoxy) is 1. The summed E-state index contributed by atoms with van der Waals surface area (Å²) in [5.74, 6) is -0.476. The Bertz CT molecular complexity index is 1590. The molecule has 174 valence electrons. The van der Waals surface area contributed by atoms with Crippen molar-refractivity contribution in [3.8, 4) is 0 Å². The molecule has 7 heteroatoms. The predicted molar refractivity (Wildman–Crippen MR) is 147 cm³/mol. The average Bonchev–Trinajstić information content (AvgIpc) is 3.20. The molecular weight excluding hydrogens is 571 g/mol. The maximum atomic E-state index is 13.7. The predicted octanol–water partition coefficient (Wildman–Crippen LogP) is 4.54. The molecule has 0 spiro atoms. The van der Waals surface area contributed by atoms with Crippen LogP contribution in [-0.4, -0.2) is 17.1 Å². The quantitative estimate of drug-likeness (QED) is 0.253. The normalized spacial score (nSPS) is 15.5. The van der Waals surface area contributed by atoms with E-state index in [1.807, 2.05) is 91.0 Å². The molecule has 5 nitrogen and oxygen atoms in total. The van der Waals surface area contributed by atoms with Crippen LogP contribution in [0.3, 0.4) is 0 Å². The van der Waals surface area contributed by atoms with Crippen LogP contribution in [0.1, 0.15) is 29.7 Å². The van der Waals surface area contributed by atoms with Gasteiger partial charge in [0.2, 0.25) is 0 Å². The first kappa shape index (κ1) is 23.4. The maximum absolute atomic E-state index is 13.7. The Morgan fingerprint density at radius 1 is 1.03 bits per heavy atom. The SMILES string of the molecule is CCOC(=O)C1=C(c2ccccc2)N=c2s/c(=C\c3ccc(I)cc3)c(=O)n2C1c1ccccc1. The van der Waals surface area contributed by atoms with E-state index in [1.165, 1.54) is 11.3 Å². The summed E-state index contributed by atoms with van der Waals surface area (Å²) in [6, 6.07) is 26.4. The lowest BCUT2D eigenvalue weighted by atomic mass is 9.93. The lowest BCUT2D eigenvalue weighted by Crippen LogP contribution is -2.39. The molecule has 0 aliphatic carbocycles. The number of carbonyl (C=O) groups is 1. The Hall–Kier alpha value is -3.30. The van der Waals surface area contributed by atoms with Gasteiger partial charge in [-0.25, -0.2) is 9.79 Å². The molecule has 0 bridgehead atoms. The Balaban J connectivity index is 1.82. The van der Waals surface area contributed by atoms with E-state index in [4.69, 9.17) is 9.73 Å². The van der Waals surface area contributed by atoms with E-state index < -0.39 is 12.0 Å². The van der Waals surface area contributed by atoms with E-state index in [1.54, 1.807) is 11.5 Å². The van der Waals surface area contributed by atoms with Crippen molar-refractivity contribution < 1.29 is 9.53 Å². The summed E-state index contributed by atoms with van der Waals surface area (Å²) in [5, 5.41) is 0. The minimum atomic E-state index is -0.652. The van der Waals surface area contributed by atoms with Gasteiger partial charge in [0, 0.05) is 9.13 Å². The van der Waals surface area contributed by atoms with Crippen molar-refractivity contribution >= 4 is 51.7 Å². The zero-order valence-electron chi connectivity index (χ0n) is 18.9. The third-order valence-electron chi connectivity index (χ3n) is 5.66. The highest BCUT2D eigenvalue weighted by molar-refractivity contribution is 14.1. The number of halogens is 1. The van der Waals surface area contributed by atoms with Gasteiger partial charge in [-0.3, -0.25) is 9.36 Å². The minimum absolute atomic E-state index is 0.185. The summed E-state index contributed by atoms with van der Waals surface area (Å²) in [6.07, 6.45) is 1.87. The molecule has 1 atom stereocenters. The van der Waals surface area contributed by atoms with Crippen LogP contribution >= 0.6 is 33.9 Å². The van der Waals surface area contributed by atoms with E-state index >= 15 is 0 Å². The Morgan fingerprint density at radius 3 is 2.34 bits per heavy atom. The Labute approximate surface area is 219 Å². The highest BCUT2D eigenvalue weighted by atomic mass is 127. The van der Waals surface area contributed by atoms with Gasteiger partial charge < -0.3 is 4.74 Å². The van der Waals surface area contributed by atoms with Gasteiger partial charge in [-0.15, -0.1) is 0 Å². The van der Waals surface area contributed by atoms with Gasteiger partial charge in [-0.05, 0) is 58.9 Å². The number of hydrogen-bond acceptors (Lipinski definition) is 5. The fourth-order valence-electron chi connectivity index (χ4n) is 4.10. The molecule has 0 fully saturated rings. The van der Waals surface area contributed by atoms with Gasteiger partial charge in [0.25, 0.3) is 5.56 Å². The fourth-order valence-corrected chi connectivity index (χ4v) is 5.46. The maximum Gasteiger partial charge on any atom is 0.338 e. The second kappa shape index (κ2) is 10.1. The van der Waals surface area contributed by atoms with Gasteiger partial charge in [-0.1, -0.05) is 84.1 Å². The molecule has 0 radical (unpaired) electrons. The van der Waals surface area contributed by atoms with Crippen LogP contribution in [-0.2, 0) is 9.53 Å². The number of benzene rings is 3. The molecule has 0 amide bonds. The van der Waals surface area contributed by atoms with Gasteiger partial charge >= 0.3 is 5.97 Å². The minimum Gasteiger partial charge on any atom is -0.463 e. The fraction of sp³-hybridized carbons (Fsp3) is 0.107. The van der Waals surface area contributed by atoms with Gasteiger partial charge in [-0.2, -0.15) is 0 Å². The van der Waals surface area contributed by atoms with Crippen molar-refractivity contribution in [3.63, 3.8) is 0 Å². The van der Waals surface area contributed by atoms with Crippen molar-refractivity contribution in [2.45, 2.75) is 13.0 Å². The van der Waals surface area contributed by atoms with E-state index in [0.717, 1.165) is 20.3 Å². The molecule has 3 aromatic carbocycles. The molecule has 35 heavy (non-hydrogen) atoms. The number of thiazole rings is 1. The number of hydrogen-bond donors (Lipinski definition) is 0. The highest BCUT2D eigenvalue weighted by Crippen LogP contribution is 2.35. The Morgan fingerprint density at radius 2 is 1.69 bits per heavy atom. The van der Waals surface area contributed by atoms with Crippen LogP contribution in [0.25, 0.3) is 11.8 Å². The van der Waals surface area contributed by atoms with Crippen molar-refractivity contribution in [1.82, 2.24) is 4.57 Å². The van der Waals surface area contributed by atoms with E-state index in [9.17, 15) is 9.59 Å². The zero-order valence-corrected chi connectivity index (χ0v) is 21.8. The number of aromatic nitrogens is 1. The first-order chi connectivity index (χ1) is 17.1. The number of rotatable bonds is 5. The zero-order chi connectivity index (χ0) is 24.4. The van der Waals surface area contributed by atoms with Crippen molar-refractivity contribution in [3.05, 3.63) is 130 Å². The summed E-state index contributed by atoms with van der Waals surface area (Å²) in [4.78, 5) is 32.5. The van der Waals surface area contributed by atoms with E-state index in [-0.39, 0.29) is 12.2 Å². The third kappa shape index (κ3) is 4.66. The van der Waals surface area contributed by atoms with Gasteiger partial charge in [0.1, 0.15) is 0 Å². The lowest BCUT2D eigenvalue weighted by molar-refractivity contribution is -0.138. The van der Waals surface area contributed by atoms with Gasteiger partial charge in [0.15, 0.2) is 4.80 Å². The first-order valence-corrected chi connectivity index (χ1v) is 13.1. The molecule has 0 saturated carbocycles. The van der Waals surface area contributed by atoms with Crippen LogP contribution in [0.4, 0.5) is 0 Å². The van der Waals surface area contributed by atoms with Crippen molar-refractivity contribution in [2.75, 3.05) is 6.61 Å². The standard InChI is InChI=1S/C28H21IN2O3S/c1-2-34-27(33)23-24(19-9-5-3-6-10-19)30-28-31(25(23)20-11-7-4-8-12-20)26(32)22(35-28)17-18-13-15-21(29)16-14-18/h3-17,25H,2H2,1H3/b22-17-. The van der Waals surface area contributed by atoms with Crippen LogP contribution in [0, 0.1) is 3.57 Å². The van der Waals surface area contributed by atoms with Crippen LogP contribution < -0.4 is 14.9 Å². The van der Waals surface area contributed by atoms with Gasteiger partial charge in [0.05, 0.1) is 28.5 Å². The summed E-state index contributed by atoms with van der Waals surface area (Å²) < 4.78 is 8.78. The third-order valence-corrected chi connectivity index (χ3v) is 7.36. The number of nitrogens with zero attached hydrogens (tertiary/aromatic N) is 2. The highest BCUT2D eigenvalue weighted by Gasteiger charge is 2.35. The van der Waals surface area contributed by atoms with E-state index in [0.29, 0.717) is 20.6 Å². The van der Waals surface area contributed by atoms with Crippen molar-refractivity contribution in [1.29, 1.82) is 0 Å². The second-order valence-electron chi connectivity index (χ2n) is 7.89. The smallest absolute Gasteiger partial charge is 0.338 e. The topological polar surface area (TPSA) is 60.7 Å². The molecule has 4 aromatic rings. The Kier molecular flexibility index (Phi) is 6.79. The molecule has 0 N–H and O–H groups in total. The first-order valence-electron chi connectivity index (χ1n) is 11.2. The summed E-state index contributed by atoms with van der Waals surface area (Å²) in [6.45, 7) is 2.00. The van der Waals surface area contributed by atoms with Crippen LogP contribution in [0.5, 0.6) is 0 Å². The van der Waals surface area contributed by atoms with Crippen LogP contribution in [0.15, 0.2) is 100 Å². The molecule has 5 rings (SSSR count). The molecule has 2 heterocycles. The second-order valence-corrected chi connectivity index (χ2v) is 10.1. The molecule has 1 aliphatic rings.